The second-order valence-corrected chi connectivity index (χ2v) is 4.86. The third-order valence-corrected chi connectivity index (χ3v) is 3.81. The zero-order chi connectivity index (χ0) is 10.6. The molecular weight excluding hydrogens is 262 g/mol. The maximum Gasteiger partial charge on any atom is 0.187 e. The first-order valence-electron chi connectivity index (χ1n) is 4.87. The Morgan fingerprint density at radius 2 is 2.20 bits per heavy atom. The van der Waals surface area contributed by atoms with Crippen molar-refractivity contribution in [1.29, 1.82) is 0 Å². The molecule has 5 nitrogen and oxygen atoms in total. The Balaban J connectivity index is 1.87. The van der Waals surface area contributed by atoms with Crippen molar-refractivity contribution in [1.82, 2.24) is 15.0 Å². The first kappa shape index (κ1) is 9.47. The van der Waals surface area contributed by atoms with Crippen LogP contribution < -0.4 is 0 Å². The number of aryl methyl sites for hydroxylation is 1. The lowest BCUT2D eigenvalue weighted by Gasteiger charge is -2.03. The predicted molar refractivity (Wildman–Crippen MR) is 54.3 cm³/mol. The number of nitrogens with zero attached hydrogens (tertiary/aromatic N) is 3. The molecule has 1 aromatic heterocycles. The largest absolute Gasteiger partial charge is 0.381 e. The lowest BCUT2D eigenvalue weighted by molar-refractivity contribution is 0.0883. The highest BCUT2D eigenvalue weighted by Crippen LogP contribution is 2.52. The quantitative estimate of drug-likeness (QED) is 0.742. The van der Waals surface area contributed by atoms with Crippen molar-refractivity contribution in [3.05, 3.63) is 10.3 Å². The number of Topliss-reactive ketones (excluding diaryl/α,β-unsaturated/α-hetero) is 1. The number of halogens is 1. The first-order valence-corrected chi connectivity index (χ1v) is 5.66. The van der Waals surface area contributed by atoms with Gasteiger partial charge in [-0.15, -0.1) is 5.10 Å². The molecule has 0 amide bonds. The van der Waals surface area contributed by atoms with E-state index in [9.17, 15) is 4.79 Å². The van der Waals surface area contributed by atoms with Gasteiger partial charge in [0.15, 0.2) is 10.4 Å². The monoisotopic (exact) mass is 271 g/mol. The SMILES string of the molecule is Cn1nnc(Br)c1C(=O)C1C2COCC21. The first-order chi connectivity index (χ1) is 7.20. The number of ether oxygens (including phenoxy) is 1. The third kappa shape index (κ3) is 1.28. The molecule has 0 aromatic carbocycles. The molecule has 2 heterocycles. The molecule has 1 aliphatic heterocycles. The van der Waals surface area contributed by atoms with E-state index in [-0.39, 0.29) is 11.7 Å². The van der Waals surface area contributed by atoms with Gasteiger partial charge in [-0.2, -0.15) is 0 Å². The Morgan fingerprint density at radius 1 is 1.53 bits per heavy atom. The van der Waals surface area contributed by atoms with Crippen molar-refractivity contribution in [2.75, 3.05) is 13.2 Å². The second-order valence-electron chi connectivity index (χ2n) is 4.11. The fourth-order valence-corrected chi connectivity index (χ4v) is 2.90. The van der Waals surface area contributed by atoms with Crippen LogP contribution >= 0.6 is 15.9 Å². The minimum Gasteiger partial charge on any atom is -0.381 e. The molecule has 15 heavy (non-hydrogen) atoms. The molecule has 6 heteroatoms. The van der Waals surface area contributed by atoms with Gasteiger partial charge in [-0.25, -0.2) is 4.68 Å². The van der Waals surface area contributed by atoms with Crippen LogP contribution in [-0.4, -0.2) is 34.0 Å². The fourth-order valence-electron chi connectivity index (χ4n) is 2.38. The number of ketones is 1. The number of fused-ring (bicyclic) bond motifs is 1. The summed E-state index contributed by atoms with van der Waals surface area (Å²) in [5, 5.41) is 7.63. The number of carbonyl (C=O) groups is 1. The summed E-state index contributed by atoms with van der Waals surface area (Å²) in [7, 11) is 1.74. The number of carbonyl (C=O) groups excluding carboxylic acids is 1. The van der Waals surface area contributed by atoms with E-state index in [1.807, 2.05) is 0 Å². The Hall–Kier alpha value is -0.750. The third-order valence-electron chi connectivity index (χ3n) is 3.27. The Kier molecular flexibility index (Phi) is 1.97. The van der Waals surface area contributed by atoms with E-state index in [1.54, 1.807) is 7.05 Å². The molecule has 0 radical (unpaired) electrons. The second kappa shape index (κ2) is 3.12. The molecule has 1 saturated heterocycles. The van der Waals surface area contributed by atoms with Crippen molar-refractivity contribution in [2.24, 2.45) is 24.8 Å². The molecular formula is C9H10BrN3O2. The predicted octanol–water partition coefficient (Wildman–Crippen LogP) is 0.653. The standard InChI is InChI=1S/C9H10BrN3O2/c1-13-7(9(10)11-12-13)8(14)6-4-2-15-3-5(4)6/h4-6H,2-3H2,1H3. The van der Waals surface area contributed by atoms with E-state index in [2.05, 4.69) is 26.2 Å². The number of rotatable bonds is 2. The van der Waals surface area contributed by atoms with E-state index in [1.165, 1.54) is 4.68 Å². The fraction of sp³-hybridized carbons (Fsp3) is 0.667. The summed E-state index contributed by atoms with van der Waals surface area (Å²) < 4.78 is 7.33. The van der Waals surface area contributed by atoms with Gasteiger partial charge in [-0.05, 0) is 27.8 Å². The van der Waals surface area contributed by atoms with E-state index < -0.39 is 0 Å². The summed E-state index contributed by atoms with van der Waals surface area (Å²) in [6.07, 6.45) is 0. The van der Waals surface area contributed by atoms with Gasteiger partial charge in [0.25, 0.3) is 0 Å². The van der Waals surface area contributed by atoms with Gasteiger partial charge in [0.05, 0.1) is 13.2 Å². The Morgan fingerprint density at radius 3 is 2.73 bits per heavy atom. The van der Waals surface area contributed by atoms with Gasteiger partial charge < -0.3 is 4.74 Å². The zero-order valence-electron chi connectivity index (χ0n) is 8.18. The summed E-state index contributed by atoms with van der Waals surface area (Å²) in [6, 6.07) is 0. The lowest BCUT2D eigenvalue weighted by atomic mass is 10.1. The minimum absolute atomic E-state index is 0.132. The molecule has 0 spiro atoms. The van der Waals surface area contributed by atoms with Gasteiger partial charge >= 0.3 is 0 Å². The van der Waals surface area contributed by atoms with Crippen LogP contribution in [0, 0.1) is 17.8 Å². The maximum atomic E-state index is 12.1. The molecule has 1 saturated carbocycles. The molecule has 2 fully saturated rings. The summed E-state index contributed by atoms with van der Waals surface area (Å²) in [5.41, 5.74) is 0.578. The molecule has 2 aliphatic rings. The van der Waals surface area contributed by atoms with Crippen LogP contribution in [0.3, 0.4) is 0 Å². The van der Waals surface area contributed by atoms with Crippen LogP contribution in [0.5, 0.6) is 0 Å². The van der Waals surface area contributed by atoms with Gasteiger partial charge in [0, 0.05) is 13.0 Å². The van der Waals surface area contributed by atoms with Crippen LogP contribution in [0.2, 0.25) is 0 Å². The van der Waals surface area contributed by atoms with Crippen LogP contribution in [0.25, 0.3) is 0 Å². The van der Waals surface area contributed by atoms with Gasteiger partial charge in [0.1, 0.15) is 5.69 Å². The Labute approximate surface area is 94.9 Å². The van der Waals surface area contributed by atoms with Gasteiger partial charge in [-0.3, -0.25) is 4.79 Å². The highest BCUT2D eigenvalue weighted by atomic mass is 79.9. The zero-order valence-corrected chi connectivity index (χ0v) is 9.77. The average Bonchev–Trinajstić information content (AvgIpc) is 2.58. The summed E-state index contributed by atoms with van der Waals surface area (Å²) >= 11 is 3.25. The van der Waals surface area contributed by atoms with Crippen LogP contribution in [-0.2, 0) is 11.8 Å². The van der Waals surface area contributed by atoms with E-state index in [0.29, 0.717) is 22.1 Å². The van der Waals surface area contributed by atoms with Crippen LogP contribution in [0.4, 0.5) is 0 Å². The van der Waals surface area contributed by atoms with Crippen molar-refractivity contribution in [3.8, 4) is 0 Å². The molecule has 80 valence electrons. The van der Waals surface area contributed by atoms with Crippen LogP contribution in [0.15, 0.2) is 4.60 Å². The van der Waals surface area contributed by atoms with Crippen molar-refractivity contribution < 1.29 is 9.53 Å². The number of hydrogen-bond donors (Lipinski definition) is 0. The Bertz CT molecular complexity index is 401. The van der Waals surface area contributed by atoms with Crippen molar-refractivity contribution >= 4 is 21.7 Å². The van der Waals surface area contributed by atoms with E-state index in [4.69, 9.17) is 4.74 Å². The van der Waals surface area contributed by atoms with Crippen molar-refractivity contribution in [3.63, 3.8) is 0 Å². The molecule has 0 N–H and O–H groups in total. The topological polar surface area (TPSA) is 57.0 Å². The molecule has 1 aliphatic carbocycles. The number of hydrogen-bond acceptors (Lipinski definition) is 4. The van der Waals surface area contributed by atoms with Gasteiger partial charge in [-0.1, -0.05) is 5.21 Å². The summed E-state index contributed by atoms with van der Waals surface area (Å²) in [6.45, 7) is 1.45. The molecule has 1 aromatic rings. The molecule has 2 atom stereocenters. The highest BCUT2D eigenvalue weighted by Gasteiger charge is 2.58. The summed E-state index contributed by atoms with van der Waals surface area (Å²) in [4.78, 5) is 12.1. The summed E-state index contributed by atoms with van der Waals surface area (Å²) in [5.74, 6) is 1.14. The maximum absolute atomic E-state index is 12.1. The van der Waals surface area contributed by atoms with Crippen LogP contribution in [0.1, 0.15) is 10.5 Å². The minimum atomic E-state index is 0.132. The molecule has 0 bridgehead atoms. The van der Waals surface area contributed by atoms with Gasteiger partial charge in [0.2, 0.25) is 0 Å². The average molecular weight is 272 g/mol. The number of aromatic nitrogens is 3. The lowest BCUT2D eigenvalue weighted by Crippen LogP contribution is -2.14. The highest BCUT2D eigenvalue weighted by molar-refractivity contribution is 9.10. The van der Waals surface area contributed by atoms with Crippen molar-refractivity contribution in [2.45, 2.75) is 0 Å². The molecule has 2 unspecified atom stereocenters. The van der Waals surface area contributed by atoms with E-state index in [0.717, 1.165) is 13.2 Å². The molecule has 3 rings (SSSR count). The normalized spacial score (nSPS) is 32.8. The van der Waals surface area contributed by atoms with E-state index >= 15 is 0 Å². The smallest absolute Gasteiger partial charge is 0.187 e.